The highest BCUT2D eigenvalue weighted by atomic mass is 16.3. The summed E-state index contributed by atoms with van der Waals surface area (Å²) in [5.74, 6) is 1.82. The Morgan fingerprint density at radius 1 is 1.35 bits per heavy atom. The van der Waals surface area contributed by atoms with Crippen molar-refractivity contribution in [1.29, 1.82) is 0 Å². The molecule has 0 aromatic carbocycles. The van der Waals surface area contributed by atoms with Crippen LogP contribution in [0.5, 0.6) is 0 Å². The van der Waals surface area contributed by atoms with Gasteiger partial charge in [-0.15, -0.1) is 0 Å². The van der Waals surface area contributed by atoms with Crippen molar-refractivity contribution in [3.05, 3.63) is 41.7 Å². The Kier molecular flexibility index (Phi) is 4.60. The number of rotatable bonds is 7. The third kappa shape index (κ3) is 3.36. The number of hydrogen-bond acceptors (Lipinski definition) is 5. The quantitative estimate of drug-likeness (QED) is 0.851. The lowest BCUT2D eigenvalue weighted by Crippen LogP contribution is -2.28. The number of carbonyl (C=O) groups is 1. The molecule has 23 heavy (non-hydrogen) atoms. The first-order valence-electron chi connectivity index (χ1n) is 8.15. The van der Waals surface area contributed by atoms with Crippen LogP contribution in [0.2, 0.25) is 0 Å². The van der Waals surface area contributed by atoms with E-state index in [2.05, 4.69) is 34.0 Å². The second-order valence-electron chi connectivity index (χ2n) is 5.68. The second-order valence-corrected chi connectivity index (χ2v) is 5.68. The van der Waals surface area contributed by atoms with Crippen LogP contribution in [0.25, 0.3) is 0 Å². The Balaban J connectivity index is 1.70. The van der Waals surface area contributed by atoms with Crippen LogP contribution < -0.4 is 10.2 Å². The van der Waals surface area contributed by atoms with Gasteiger partial charge in [0.25, 0.3) is 5.91 Å². The number of oxazole rings is 1. The van der Waals surface area contributed by atoms with E-state index in [4.69, 9.17) is 4.42 Å². The average Bonchev–Trinajstić information content (AvgIpc) is 3.31. The van der Waals surface area contributed by atoms with E-state index in [1.165, 1.54) is 6.39 Å². The van der Waals surface area contributed by atoms with Gasteiger partial charge in [0, 0.05) is 37.3 Å². The highest BCUT2D eigenvalue weighted by molar-refractivity contribution is 5.93. The number of hydrogen-bond donors (Lipinski definition) is 1. The Hall–Kier alpha value is -2.37. The topological polar surface area (TPSA) is 71.3 Å². The normalized spacial score (nSPS) is 13.8. The van der Waals surface area contributed by atoms with E-state index >= 15 is 0 Å². The summed E-state index contributed by atoms with van der Waals surface area (Å²) in [5.41, 5.74) is 1.42. The highest BCUT2D eigenvalue weighted by Gasteiger charge is 2.32. The fourth-order valence-corrected chi connectivity index (χ4v) is 2.70. The van der Waals surface area contributed by atoms with Crippen LogP contribution in [0.1, 0.15) is 54.4 Å². The Bertz CT molecular complexity index is 675. The van der Waals surface area contributed by atoms with Crippen molar-refractivity contribution >= 4 is 11.7 Å². The predicted octanol–water partition coefficient (Wildman–Crippen LogP) is 2.72. The van der Waals surface area contributed by atoms with Gasteiger partial charge in [-0.05, 0) is 32.8 Å². The van der Waals surface area contributed by atoms with Gasteiger partial charge in [-0.25, -0.2) is 9.97 Å². The van der Waals surface area contributed by atoms with Crippen molar-refractivity contribution in [3.63, 3.8) is 0 Å². The number of anilines is 1. The van der Waals surface area contributed by atoms with Crippen molar-refractivity contribution in [2.75, 3.05) is 18.0 Å². The van der Waals surface area contributed by atoms with Gasteiger partial charge in [-0.1, -0.05) is 6.07 Å². The molecular formula is C17H22N4O2. The Morgan fingerprint density at radius 3 is 2.83 bits per heavy atom. The zero-order chi connectivity index (χ0) is 16.2. The first-order chi connectivity index (χ1) is 11.2. The third-order valence-corrected chi connectivity index (χ3v) is 4.13. The molecule has 1 aliphatic carbocycles. The summed E-state index contributed by atoms with van der Waals surface area (Å²) in [6.45, 7) is 6.37. The van der Waals surface area contributed by atoms with E-state index in [0.717, 1.165) is 43.1 Å². The van der Waals surface area contributed by atoms with Crippen LogP contribution in [0, 0.1) is 0 Å². The smallest absolute Gasteiger partial charge is 0.273 e. The molecular weight excluding hydrogens is 292 g/mol. The van der Waals surface area contributed by atoms with Gasteiger partial charge in [0.2, 0.25) is 0 Å². The molecule has 1 aliphatic rings. The molecule has 0 radical (unpaired) electrons. The molecule has 0 saturated heterocycles. The molecule has 1 N–H and O–H groups in total. The zero-order valence-corrected chi connectivity index (χ0v) is 13.6. The molecule has 1 amide bonds. The molecule has 2 heterocycles. The average molecular weight is 314 g/mol. The summed E-state index contributed by atoms with van der Waals surface area (Å²) in [5, 5.41) is 2.94. The first-order valence-corrected chi connectivity index (χ1v) is 8.15. The first kappa shape index (κ1) is 15.5. The molecule has 0 unspecified atom stereocenters. The van der Waals surface area contributed by atoms with Crippen molar-refractivity contribution < 1.29 is 9.21 Å². The highest BCUT2D eigenvalue weighted by Crippen LogP contribution is 2.41. The second kappa shape index (κ2) is 6.81. The van der Waals surface area contributed by atoms with E-state index in [-0.39, 0.29) is 5.91 Å². The summed E-state index contributed by atoms with van der Waals surface area (Å²) in [4.78, 5) is 23.1. The molecule has 2 aromatic heterocycles. The van der Waals surface area contributed by atoms with Gasteiger partial charge in [0.15, 0.2) is 12.1 Å². The van der Waals surface area contributed by atoms with Gasteiger partial charge in [-0.3, -0.25) is 4.79 Å². The number of aromatic nitrogens is 2. The fraction of sp³-hybridized carbons (Fsp3) is 0.471. The van der Waals surface area contributed by atoms with Gasteiger partial charge in [-0.2, -0.15) is 0 Å². The summed E-state index contributed by atoms with van der Waals surface area (Å²) < 4.78 is 5.37. The molecule has 0 spiro atoms. The minimum Gasteiger partial charge on any atom is -0.447 e. The predicted molar refractivity (Wildman–Crippen MR) is 87.4 cm³/mol. The molecule has 6 nitrogen and oxygen atoms in total. The Morgan fingerprint density at radius 2 is 2.13 bits per heavy atom. The van der Waals surface area contributed by atoms with Crippen LogP contribution in [0.15, 0.2) is 29.1 Å². The molecule has 0 atom stereocenters. The van der Waals surface area contributed by atoms with E-state index in [9.17, 15) is 4.79 Å². The number of nitrogens with zero attached hydrogens (tertiary/aromatic N) is 3. The van der Waals surface area contributed by atoms with E-state index < -0.39 is 0 Å². The monoisotopic (exact) mass is 314 g/mol. The largest absolute Gasteiger partial charge is 0.447 e. The number of amides is 1. The van der Waals surface area contributed by atoms with Crippen molar-refractivity contribution in [2.24, 2.45) is 0 Å². The summed E-state index contributed by atoms with van der Waals surface area (Å²) in [7, 11) is 0. The lowest BCUT2D eigenvalue weighted by atomic mass is 10.2. The van der Waals surface area contributed by atoms with Gasteiger partial charge >= 0.3 is 0 Å². The maximum Gasteiger partial charge on any atom is 0.273 e. The third-order valence-electron chi connectivity index (χ3n) is 4.13. The standard InChI is InChI=1S/C17H22N4O2/c1-3-21(4-2)16-13(6-5-9-18-16)10-19-17(22)14-15(12-7-8-12)23-11-20-14/h5-6,9,11-12H,3-4,7-8,10H2,1-2H3,(H,19,22). The molecule has 2 aromatic rings. The van der Waals surface area contributed by atoms with Crippen LogP contribution in [0.3, 0.4) is 0 Å². The van der Waals surface area contributed by atoms with Crippen molar-refractivity contribution in [2.45, 2.75) is 39.2 Å². The fourth-order valence-electron chi connectivity index (χ4n) is 2.70. The van der Waals surface area contributed by atoms with Crippen molar-refractivity contribution in [3.8, 4) is 0 Å². The zero-order valence-electron chi connectivity index (χ0n) is 13.6. The maximum atomic E-state index is 12.4. The minimum atomic E-state index is -0.185. The molecule has 3 rings (SSSR count). The SMILES string of the molecule is CCN(CC)c1ncccc1CNC(=O)c1ncoc1C1CC1. The van der Waals surface area contributed by atoms with Crippen LogP contribution in [-0.4, -0.2) is 29.0 Å². The summed E-state index contributed by atoms with van der Waals surface area (Å²) in [6.07, 6.45) is 5.28. The molecule has 1 fully saturated rings. The number of nitrogens with one attached hydrogen (secondary N) is 1. The number of carbonyl (C=O) groups excluding carboxylic acids is 1. The van der Waals surface area contributed by atoms with E-state index in [1.54, 1.807) is 6.20 Å². The van der Waals surface area contributed by atoms with Crippen LogP contribution in [-0.2, 0) is 6.54 Å². The maximum absolute atomic E-state index is 12.4. The minimum absolute atomic E-state index is 0.185. The number of pyridine rings is 1. The summed E-state index contributed by atoms with van der Waals surface area (Å²) >= 11 is 0. The van der Waals surface area contributed by atoms with Gasteiger partial charge < -0.3 is 14.6 Å². The van der Waals surface area contributed by atoms with Crippen LogP contribution >= 0.6 is 0 Å². The molecule has 0 aliphatic heterocycles. The van der Waals surface area contributed by atoms with Crippen molar-refractivity contribution in [1.82, 2.24) is 15.3 Å². The van der Waals surface area contributed by atoms with Gasteiger partial charge in [0.05, 0.1) is 0 Å². The molecule has 0 bridgehead atoms. The van der Waals surface area contributed by atoms with Gasteiger partial charge in [0.1, 0.15) is 11.6 Å². The lowest BCUT2D eigenvalue weighted by Gasteiger charge is -2.22. The van der Waals surface area contributed by atoms with Crippen LogP contribution in [0.4, 0.5) is 5.82 Å². The molecule has 1 saturated carbocycles. The molecule has 122 valence electrons. The lowest BCUT2D eigenvalue weighted by molar-refractivity contribution is 0.0944. The molecule has 6 heteroatoms. The summed E-state index contributed by atoms with van der Waals surface area (Å²) in [6, 6.07) is 3.88. The van der Waals surface area contributed by atoms with E-state index in [0.29, 0.717) is 18.2 Å². The van der Waals surface area contributed by atoms with E-state index in [1.807, 2.05) is 12.1 Å². The Labute approximate surface area is 135 Å².